The first-order valence-corrected chi connectivity index (χ1v) is 9.46. The van der Waals surface area contributed by atoms with Crippen LogP contribution in [0.15, 0.2) is 44.8 Å². The molecule has 0 aliphatic carbocycles. The third-order valence-corrected chi connectivity index (χ3v) is 4.53. The van der Waals surface area contributed by atoms with Gasteiger partial charge in [-0.05, 0) is 31.2 Å². The first kappa shape index (κ1) is 20.9. The van der Waals surface area contributed by atoms with Crippen molar-refractivity contribution in [3.63, 3.8) is 0 Å². The molecule has 3 N–H and O–H groups in total. The fourth-order valence-electron chi connectivity index (χ4n) is 2.26. The van der Waals surface area contributed by atoms with Gasteiger partial charge in [-0.15, -0.1) is 0 Å². The van der Waals surface area contributed by atoms with Crippen LogP contribution in [0.5, 0.6) is 5.75 Å². The number of hydrogen-bond donors (Lipinski definition) is 3. The maximum atomic E-state index is 12.3. The number of ether oxygens (including phenoxy) is 1. The molecule has 12 heteroatoms. The molecule has 3 rings (SSSR count). The number of rotatable bonds is 5. The van der Waals surface area contributed by atoms with Gasteiger partial charge in [0, 0.05) is 11.6 Å². The van der Waals surface area contributed by atoms with Crippen LogP contribution < -0.4 is 15.4 Å². The van der Waals surface area contributed by atoms with E-state index >= 15 is 0 Å². The summed E-state index contributed by atoms with van der Waals surface area (Å²) in [4.78, 5) is 44.0. The summed E-state index contributed by atoms with van der Waals surface area (Å²) in [5.41, 5.74) is -0.185. The van der Waals surface area contributed by atoms with Crippen molar-refractivity contribution in [2.45, 2.75) is 6.92 Å². The second-order valence-electron chi connectivity index (χ2n) is 5.87. The van der Waals surface area contributed by atoms with Crippen molar-refractivity contribution in [1.82, 2.24) is 10.5 Å². The van der Waals surface area contributed by atoms with Gasteiger partial charge in [-0.1, -0.05) is 16.9 Å². The Morgan fingerprint density at radius 3 is 2.67 bits per heavy atom. The average molecular weight is 428 g/mol. The molecule has 1 aromatic carbocycles. The Bertz CT molecular complexity index is 1070. The van der Waals surface area contributed by atoms with E-state index in [1.165, 1.54) is 19.2 Å². The van der Waals surface area contributed by atoms with E-state index in [9.17, 15) is 14.4 Å². The Kier molecular flexibility index (Phi) is 6.37. The number of thioether (sulfide) groups is 1. The van der Waals surface area contributed by atoms with Crippen LogP contribution in [0.2, 0.25) is 0 Å². The van der Waals surface area contributed by atoms with Crippen LogP contribution in [0.4, 0.5) is 5.82 Å². The molecule has 0 saturated heterocycles. The van der Waals surface area contributed by atoms with Gasteiger partial charge in [0.15, 0.2) is 22.5 Å². The number of nitrogens with one attached hydrogen (secondary N) is 3. The summed E-state index contributed by atoms with van der Waals surface area (Å²) < 4.78 is 9.86. The Balaban J connectivity index is 1.62. The van der Waals surface area contributed by atoms with E-state index in [0.29, 0.717) is 11.5 Å². The summed E-state index contributed by atoms with van der Waals surface area (Å²) in [5.74, 6) is -1.03. The summed E-state index contributed by atoms with van der Waals surface area (Å²) in [5, 5.41) is 16.5. The number of carbonyl (C=O) groups excluding carboxylic acids is 3. The van der Waals surface area contributed by atoms with Crippen molar-refractivity contribution in [1.29, 1.82) is 5.41 Å². The van der Waals surface area contributed by atoms with Gasteiger partial charge in [-0.25, -0.2) is 4.99 Å². The monoisotopic (exact) mass is 428 g/mol. The third-order valence-electron chi connectivity index (χ3n) is 3.66. The lowest BCUT2D eigenvalue weighted by atomic mass is 10.2. The van der Waals surface area contributed by atoms with Gasteiger partial charge in [0.25, 0.3) is 11.8 Å². The Morgan fingerprint density at radius 1 is 1.33 bits per heavy atom. The van der Waals surface area contributed by atoms with Crippen molar-refractivity contribution < 1.29 is 23.6 Å². The zero-order valence-corrected chi connectivity index (χ0v) is 16.7. The van der Waals surface area contributed by atoms with E-state index in [2.05, 4.69) is 25.8 Å². The van der Waals surface area contributed by atoms with E-state index in [0.717, 1.165) is 11.8 Å². The topological polar surface area (TPSA) is 159 Å². The average Bonchev–Trinajstić information content (AvgIpc) is 3.13. The summed E-state index contributed by atoms with van der Waals surface area (Å²) in [6, 6.07) is 7.71. The molecule has 0 fully saturated rings. The quantitative estimate of drug-likeness (QED) is 0.649. The van der Waals surface area contributed by atoms with Crippen molar-refractivity contribution >= 4 is 52.0 Å². The fourth-order valence-corrected chi connectivity index (χ4v) is 2.92. The van der Waals surface area contributed by atoms with Gasteiger partial charge in [-0.2, -0.15) is 4.99 Å². The van der Waals surface area contributed by atoms with Crippen molar-refractivity contribution in [3.05, 3.63) is 41.7 Å². The first-order valence-electron chi connectivity index (χ1n) is 8.47. The van der Waals surface area contributed by atoms with E-state index in [1.807, 2.05) is 0 Å². The van der Waals surface area contributed by atoms with Crippen molar-refractivity contribution in [2.24, 2.45) is 9.98 Å². The van der Waals surface area contributed by atoms with Crippen LogP contribution >= 0.6 is 11.8 Å². The van der Waals surface area contributed by atoms with Gasteiger partial charge in [-0.3, -0.25) is 25.1 Å². The van der Waals surface area contributed by atoms with Crippen molar-refractivity contribution in [2.75, 3.05) is 18.2 Å². The summed E-state index contributed by atoms with van der Waals surface area (Å²) in [6.45, 7) is 1.69. The van der Waals surface area contributed by atoms with Gasteiger partial charge < -0.3 is 14.6 Å². The van der Waals surface area contributed by atoms with Crippen LogP contribution in [0.25, 0.3) is 0 Å². The fraction of sp³-hybridized carbons (Fsp3) is 0.167. The highest BCUT2D eigenvalue weighted by Gasteiger charge is 2.26. The van der Waals surface area contributed by atoms with E-state index < -0.39 is 29.3 Å². The highest BCUT2D eigenvalue weighted by Crippen LogP contribution is 2.14. The lowest BCUT2D eigenvalue weighted by Gasteiger charge is -2.14. The number of nitrogens with zero attached hydrogens (tertiary/aromatic N) is 3. The molecule has 0 radical (unpaired) electrons. The number of amides is 3. The second kappa shape index (κ2) is 9.13. The van der Waals surface area contributed by atoms with Gasteiger partial charge in [0.2, 0.25) is 5.91 Å². The van der Waals surface area contributed by atoms with Gasteiger partial charge in [0.1, 0.15) is 11.5 Å². The minimum absolute atomic E-state index is 0.0485. The minimum Gasteiger partial charge on any atom is -0.497 e. The lowest BCUT2D eigenvalue weighted by Crippen LogP contribution is -2.43. The number of benzene rings is 1. The molecule has 0 bridgehead atoms. The van der Waals surface area contributed by atoms with Crippen LogP contribution in [0.3, 0.4) is 0 Å². The lowest BCUT2D eigenvalue weighted by molar-refractivity contribution is -0.114. The molecular formula is C18H16N6O5S. The number of carbonyl (C=O) groups is 3. The SMILES string of the molecule is COc1ccc(C(=O)N=C2C(=N)N=C(SCC(=O)Nc3cc(C)on3)NC2=O)cc1. The predicted octanol–water partition coefficient (Wildman–Crippen LogP) is 1.41. The number of methoxy groups -OCH3 is 1. The molecule has 1 aliphatic heterocycles. The van der Waals surface area contributed by atoms with Gasteiger partial charge >= 0.3 is 0 Å². The third kappa shape index (κ3) is 5.17. The van der Waals surface area contributed by atoms with E-state index in [-0.39, 0.29) is 22.3 Å². The predicted molar refractivity (Wildman–Crippen MR) is 110 cm³/mol. The number of hydrogen-bond acceptors (Lipinski definition) is 8. The summed E-state index contributed by atoms with van der Waals surface area (Å²) in [7, 11) is 1.50. The molecule has 2 aromatic rings. The molecule has 30 heavy (non-hydrogen) atoms. The number of aromatic nitrogens is 1. The highest BCUT2D eigenvalue weighted by atomic mass is 32.2. The molecule has 0 spiro atoms. The second-order valence-corrected chi connectivity index (χ2v) is 6.84. The zero-order valence-electron chi connectivity index (χ0n) is 15.9. The zero-order chi connectivity index (χ0) is 21.7. The number of aliphatic imine (C=N–C) groups is 2. The van der Waals surface area contributed by atoms with E-state index in [4.69, 9.17) is 14.7 Å². The Hall–Kier alpha value is -3.80. The molecule has 2 heterocycles. The molecule has 154 valence electrons. The number of anilines is 1. The first-order chi connectivity index (χ1) is 14.4. The minimum atomic E-state index is -0.758. The Labute approximate surface area is 174 Å². The van der Waals surface area contributed by atoms with Crippen molar-refractivity contribution in [3.8, 4) is 5.75 Å². The molecule has 0 unspecified atom stereocenters. The molecular weight excluding hydrogens is 412 g/mol. The Morgan fingerprint density at radius 2 is 2.07 bits per heavy atom. The molecule has 0 saturated carbocycles. The standard InChI is InChI=1S/C18H16N6O5S/c1-9-7-12(24-29-9)20-13(25)8-30-18-22-15(19)14(17(27)23-18)21-16(26)10-3-5-11(28-2)6-4-10/h3-7H,8H2,1-2H3,(H,20,24,25)(H2,19,22,23,27). The normalized spacial score (nSPS) is 14.9. The summed E-state index contributed by atoms with van der Waals surface area (Å²) in [6.07, 6.45) is 0. The van der Waals surface area contributed by atoms with Crippen LogP contribution in [0, 0.1) is 12.3 Å². The number of amidine groups is 2. The molecule has 3 amide bonds. The van der Waals surface area contributed by atoms with Crippen LogP contribution in [-0.2, 0) is 9.59 Å². The van der Waals surface area contributed by atoms with Crippen LogP contribution in [0.1, 0.15) is 16.1 Å². The summed E-state index contributed by atoms with van der Waals surface area (Å²) >= 11 is 0.913. The molecule has 0 atom stereocenters. The van der Waals surface area contributed by atoms with Gasteiger partial charge in [0.05, 0.1) is 12.9 Å². The highest BCUT2D eigenvalue weighted by molar-refractivity contribution is 8.14. The number of aryl methyl sites for hydroxylation is 1. The van der Waals surface area contributed by atoms with Crippen LogP contribution in [-0.4, -0.2) is 52.5 Å². The molecule has 1 aliphatic rings. The van der Waals surface area contributed by atoms with E-state index in [1.54, 1.807) is 25.1 Å². The maximum absolute atomic E-state index is 12.3. The smallest absolute Gasteiger partial charge is 0.279 e. The largest absolute Gasteiger partial charge is 0.497 e. The molecule has 11 nitrogen and oxygen atoms in total. The molecule has 1 aromatic heterocycles. The maximum Gasteiger partial charge on any atom is 0.279 e.